The van der Waals surface area contributed by atoms with Crippen LogP contribution in [0.25, 0.3) is 0 Å². The highest BCUT2D eigenvalue weighted by Gasteiger charge is 2.24. The number of carboxylic acid groups (broad SMARTS) is 1. The van der Waals surface area contributed by atoms with Gasteiger partial charge in [-0.25, -0.2) is 8.42 Å². The van der Waals surface area contributed by atoms with Gasteiger partial charge >= 0.3 is 5.97 Å². The fourth-order valence-corrected chi connectivity index (χ4v) is 2.19. The maximum absolute atomic E-state index is 11.3. The second kappa shape index (κ2) is 5.07. The van der Waals surface area contributed by atoms with Gasteiger partial charge in [-0.05, 0) is 31.0 Å². The number of rotatable bonds is 5. The number of hydrogen-bond donors (Lipinski definition) is 2. The summed E-state index contributed by atoms with van der Waals surface area (Å²) in [7, 11) is -3.27. The summed E-state index contributed by atoms with van der Waals surface area (Å²) in [6, 6.07) is 5.80. The van der Waals surface area contributed by atoms with Crippen LogP contribution >= 0.6 is 0 Å². The van der Waals surface area contributed by atoms with Gasteiger partial charge in [0.2, 0.25) is 0 Å². The van der Waals surface area contributed by atoms with Crippen LogP contribution in [0.5, 0.6) is 0 Å². The number of hydrogen-bond acceptors (Lipinski definition) is 4. The summed E-state index contributed by atoms with van der Waals surface area (Å²) in [6.07, 6.45) is 1.02. The van der Waals surface area contributed by atoms with E-state index < -0.39 is 21.4 Å². The van der Waals surface area contributed by atoms with Gasteiger partial charge < -0.3 is 10.2 Å². The Kier molecular flexibility index (Phi) is 4.13. The molecule has 0 aliphatic heterocycles. The Hall–Kier alpha value is -1.40. The average molecular weight is 272 g/mol. The van der Waals surface area contributed by atoms with Gasteiger partial charge in [0.25, 0.3) is 0 Å². The SMILES string of the molecule is CC(O)(CCC(=O)O)c1ccc(S(C)(=O)=O)cc1. The van der Waals surface area contributed by atoms with Gasteiger partial charge in [-0.1, -0.05) is 12.1 Å². The minimum absolute atomic E-state index is 0.0700. The van der Waals surface area contributed by atoms with Crippen molar-refractivity contribution in [3.05, 3.63) is 29.8 Å². The second-order valence-electron chi connectivity index (χ2n) is 4.46. The average Bonchev–Trinajstić information content (AvgIpc) is 2.26. The van der Waals surface area contributed by atoms with Crippen LogP contribution in [-0.4, -0.2) is 30.9 Å². The lowest BCUT2D eigenvalue weighted by atomic mass is 9.91. The molecule has 0 radical (unpaired) electrons. The summed E-state index contributed by atoms with van der Waals surface area (Å²) in [5, 5.41) is 18.7. The first kappa shape index (κ1) is 14.7. The highest BCUT2D eigenvalue weighted by atomic mass is 32.2. The van der Waals surface area contributed by atoms with Gasteiger partial charge in [-0.15, -0.1) is 0 Å². The van der Waals surface area contributed by atoms with Gasteiger partial charge in [0.1, 0.15) is 0 Å². The van der Waals surface area contributed by atoms with Crippen LogP contribution in [0.15, 0.2) is 29.2 Å². The summed E-state index contributed by atoms with van der Waals surface area (Å²) in [5.74, 6) is -0.983. The molecular formula is C12H16O5S. The topological polar surface area (TPSA) is 91.7 Å². The third-order valence-corrected chi connectivity index (χ3v) is 3.86. The molecule has 18 heavy (non-hydrogen) atoms. The molecule has 0 aliphatic rings. The number of carboxylic acids is 1. The van der Waals surface area contributed by atoms with Crippen molar-refractivity contribution in [2.24, 2.45) is 0 Å². The molecule has 1 unspecified atom stereocenters. The molecule has 2 N–H and O–H groups in total. The van der Waals surface area contributed by atoms with E-state index in [0.29, 0.717) is 5.56 Å². The molecular weight excluding hydrogens is 256 g/mol. The standard InChI is InChI=1S/C12H16O5S/c1-12(15,8-7-11(13)14)9-3-5-10(6-4-9)18(2,16)17/h3-6,15H,7-8H2,1-2H3,(H,13,14). The van der Waals surface area contributed by atoms with Crippen LogP contribution in [0.1, 0.15) is 25.3 Å². The fourth-order valence-electron chi connectivity index (χ4n) is 1.56. The minimum atomic E-state index is -3.27. The largest absolute Gasteiger partial charge is 0.481 e. The fraction of sp³-hybridized carbons (Fsp3) is 0.417. The van der Waals surface area contributed by atoms with Crippen LogP contribution in [0.4, 0.5) is 0 Å². The third-order valence-electron chi connectivity index (χ3n) is 2.73. The van der Waals surface area contributed by atoms with Crippen molar-refractivity contribution in [3.63, 3.8) is 0 Å². The zero-order chi connectivity index (χ0) is 14.0. The van der Waals surface area contributed by atoms with Crippen molar-refractivity contribution in [1.82, 2.24) is 0 Å². The van der Waals surface area contributed by atoms with Gasteiger partial charge in [-0.3, -0.25) is 4.79 Å². The first-order valence-corrected chi connectivity index (χ1v) is 7.27. The minimum Gasteiger partial charge on any atom is -0.481 e. The Balaban J connectivity index is 2.94. The first-order chi connectivity index (χ1) is 8.13. The number of benzene rings is 1. The van der Waals surface area contributed by atoms with Crippen LogP contribution in [0, 0.1) is 0 Å². The molecule has 0 aromatic heterocycles. The van der Waals surface area contributed by atoms with Crippen molar-refractivity contribution in [3.8, 4) is 0 Å². The van der Waals surface area contributed by atoms with Crippen molar-refractivity contribution in [2.75, 3.05) is 6.26 Å². The molecule has 0 saturated carbocycles. The molecule has 100 valence electrons. The van der Waals surface area contributed by atoms with Crippen molar-refractivity contribution >= 4 is 15.8 Å². The summed E-state index contributed by atoms with van der Waals surface area (Å²) in [4.78, 5) is 10.6. The summed E-state index contributed by atoms with van der Waals surface area (Å²) in [5.41, 5.74) is -0.787. The van der Waals surface area contributed by atoms with E-state index in [-0.39, 0.29) is 17.7 Å². The summed E-state index contributed by atoms with van der Waals surface area (Å²) < 4.78 is 22.5. The molecule has 0 heterocycles. The Labute approximate surface area is 106 Å². The molecule has 6 heteroatoms. The van der Waals surface area contributed by atoms with Gasteiger partial charge in [0.05, 0.1) is 10.5 Å². The predicted octanol–water partition coefficient (Wildman–Crippen LogP) is 1.16. The van der Waals surface area contributed by atoms with Gasteiger partial charge in [0.15, 0.2) is 9.84 Å². The molecule has 0 amide bonds. The van der Waals surface area contributed by atoms with Gasteiger partial charge in [-0.2, -0.15) is 0 Å². The number of aliphatic carboxylic acids is 1. The smallest absolute Gasteiger partial charge is 0.303 e. The highest BCUT2D eigenvalue weighted by Crippen LogP contribution is 2.26. The highest BCUT2D eigenvalue weighted by molar-refractivity contribution is 7.90. The van der Waals surface area contributed by atoms with Crippen molar-refractivity contribution in [2.45, 2.75) is 30.3 Å². The Morgan fingerprint density at radius 3 is 2.17 bits per heavy atom. The molecule has 1 aromatic rings. The maximum Gasteiger partial charge on any atom is 0.303 e. The van der Waals surface area contributed by atoms with E-state index in [1.165, 1.54) is 31.2 Å². The zero-order valence-corrected chi connectivity index (χ0v) is 11.1. The third kappa shape index (κ3) is 3.82. The van der Waals surface area contributed by atoms with Crippen LogP contribution in [0.2, 0.25) is 0 Å². The number of aliphatic hydroxyl groups is 1. The molecule has 0 bridgehead atoms. The summed E-state index contributed by atoms with van der Waals surface area (Å²) in [6.45, 7) is 1.51. The molecule has 1 aromatic carbocycles. The van der Waals surface area contributed by atoms with Crippen LogP contribution < -0.4 is 0 Å². The number of carbonyl (C=O) groups is 1. The Bertz CT molecular complexity index is 528. The van der Waals surface area contributed by atoms with Gasteiger partial charge in [0, 0.05) is 12.7 Å². The molecule has 0 fully saturated rings. The van der Waals surface area contributed by atoms with Crippen molar-refractivity contribution in [1.29, 1.82) is 0 Å². The van der Waals surface area contributed by atoms with E-state index in [2.05, 4.69) is 0 Å². The monoisotopic (exact) mass is 272 g/mol. The normalized spacial score (nSPS) is 15.1. The first-order valence-electron chi connectivity index (χ1n) is 5.38. The predicted molar refractivity (Wildman–Crippen MR) is 66.0 cm³/mol. The van der Waals surface area contributed by atoms with Crippen LogP contribution in [-0.2, 0) is 20.2 Å². The van der Waals surface area contributed by atoms with E-state index in [0.717, 1.165) is 6.26 Å². The van der Waals surface area contributed by atoms with E-state index in [9.17, 15) is 18.3 Å². The quantitative estimate of drug-likeness (QED) is 0.839. The molecule has 1 rings (SSSR count). The second-order valence-corrected chi connectivity index (χ2v) is 6.48. The Morgan fingerprint density at radius 1 is 1.28 bits per heavy atom. The van der Waals surface area contributed by atoms with Crippen LogP contribution in [0.3, 0.4) is 0 Å². The lowest BCUT2D eigenvalue weighted by Crippen LogP contribution is -2.22. The summed E-state index contributed by atoms with van der Waals surface area (Å²) >= 11 is 0. The maximum atomic E-state index is 11.3. The zero-order valence-electron chi connectivity index (χ0n) is 10.3. The molecule has 1 atom stereocenters. The van der Waals surface area contributed by atoms with Crippen molar-refractivity contribution < 1.29 is 23.4 Å². The number of sulfone groups is 1. The van der Waals surface area contributed by atoms with E-state index in [1.54, 1.807) is 0 Å². The van der Waals surface area contributed by atoms with E-state index >= 15 is 0 Å². The van der Waals surface area contributed by atoms with E-state index in [4.69, 9.17) is 5.11 Å². The molecule has 5 nitrogen and oxygen atoms in total. The molecule has 0 spiro atoms. The molecule has 0 aliphatic carbocycles. The lowest BCUT2D eigenvalue weighted by molar-refractivity contribution is -0.138. The molecule has 0 saturated heterocycles. The van der Waals surface area contributed by atoms with E-state index in [1.807, 2.05) is 0 Å². The lowest BCUT2D eigenvalue weighted by Gasteiger charge is -2.23. The Morgan fingerprint density at radius 2 is 1.78 bits per heavy atom.